The van der Waals surface area contributed by atoms with Crippen LogP contribution < -0.4 is 16.0 Å². The Kier molecular flexibility index (Phi) is 7.15. The number of rotatable bonds is 5. The molecule has 0 bridgehead atoms. The van der Waals surface area contributed by atoms with Crippen LogP contribution in [0.4, 0.5) is 5.69 Å². The van der Waals surface area contributed by atoms with Gasteiger partial charge in [0, 0.05) is 54.1 Å². The maximum atomic E-state index is 14.2. The van der Waals surface area contributed by atoms with E-state index in [-0.39, 0.29) is 35.3 Å². The SMILES string of the molecule is CN(C)c1c2c(c(O)c3cc(CNC(C)(C)C)ccc13)C(O)=C1C(=O)[C@]3(O)C(O)=C(C(N)=O)C(=O)[C@@H](N(C)C)[C@@H]3C[C@@H]1C2. The lowest BCUT2D eigenvalue weighted by Crippen LogP contribution is -2.65. The highest BCUT2D eigenvalue weighted by Gasteiger charge is 2.64. The Morgan fingerprint density at radius 3 is 2.30 bits per heavy atom. The van der Waals surface area contributed by atoms with Gasteiger partial charge in [-0.25, -0.2) is 0 Å². The smallest absolute Gasteiger partial charge is 0.255 e. The summed E-state index contributed by atoms with van der Waals surface area (Å²) >= 11 is 0. The van der Waals surface area contributed by atoms with Crippen molar-refractivity contribution < 1.29 is 34.8 Å². The highest BCUT2D eigenvalue weighted by molar-refractivity contribution is 6.24. The monoisotopic (exact) mass is 592 g/mol. The molecule has 11 nitrogen and oxygen atoms in total. The predicted molar refractivity (Wildman–Crippen MR) is 163 cm³/mol. The van der Waals surface area contributed by atoms with Crippen LogP contribution in [-0.2, 0) is 27.3 Å². The van der Waals surface area contributed by atoms with Gasteiger partial charge in [0.1, 0.15) is 22.8 Å². The Bertz CT molecular complexity index is 1650. The molecule has 0 aliphatic heterocycles. The van der Waals surface area contributed by atoms with E-state index in [1.54, 1.807) is 14.1 Å². The fourth-order valence-electron chi connectivity index (χ4n) is 7.13. The van der Waals surface area contributed by atoms with Crippen molar-refractivity contribution in [2.75, 3.05) is 33.1 Å². The molecule has 5 rings (SSSR count). The van der Waals surface area contributed by atoms with Crippen molar-refractivity contribution in [3.05, 3.63) is 51.8 Å². The van der Waals surface area contributed by atoms with Crippen LogP contribution in [0.1, 0.15) is 43.9 Å². The second kappa shape index (κ2) is 10.1. The van der Waals surface area contributed by atoms with Gasteiger partial charge >= 0.3 is 0 Å². The minimum Gasteiger partial charge on any atom is -0.508 e. The van der Waals surface area contributed by atoms with Gasteiger partial charge in [-0.3, -0.25) is 19.3 Å². The molecule has 0 aromatic heterocycles. The van der Waals surface area contributed by atoms with Gasteiger partial charge in [-0.15, -0.1) is 0 Å². The minimum atomic E-state index is -2.67. The molecule has 230 valence electrons. The van der Waals surface area contributed by atoms with E-state index in [0.717, 1.165) is 16.6 Å². The van der Waals surface area contributed by atoms with Crippen LogP contribution in [0.5, 0.6) is 5.75 Å². The van der Waals surface area contributed by atoms with Crippen LogP contribution in [0.2, 0.25) is 0 Å². The van der Waals surface area contributed by atoms with E-state index in [4.69, 9.17) is 5.73 Å². The van der Waals surface area contributed by atoms with Gasteiger partial charge in [0.25, 0.3) is 5.91 Å². The fraction of sp³-hybridized carbons (Fsp3) is 0.469. The Hall–Kier alpha value is -3.93. The molecule has 0 spiro atoms. The number of nitrogens with zero attached hydrogens (tertiary/aromatic N) is 2. The van der Waals surface area contributed by atoms with E-state index in [1.807, 2.05) is 37.2 Å². The van der Waals surface area contributed by atoms with E-state index in [0.29, 0.717) is 17.5 Å². The summed E-state index contributed by atoms with van der Waals surface area (Å²) < 4.78 is 0. The third kappa shape index (κ3) is 4.49. The van der Waals surface area contributed by atoms with E-state index in [1.165, 1.54) is 4.90 Å². The van der Waals surface area contributed by atoms with Gasteiger partial charge in [0.05, 0.1) is 11.6 Å². The fourth-order valence-corrected chi connectivity index (χ4v) is 7.13. The number of aliphatic hydroxyl groups is 3. The first-order valence-corrected chi connectivity index (χ1v) is 14.3. The summed E-state index contributed by atoms with van der Waals surface area (Å²) in [4.78, 5) is 43.1. The standard InChI is InChI=1S/C32H40N4O7/c1-31(2,3)34-13-14-8-9-16-17(10-14)25(37)21-18(23(16)35(4)5)11-15-12-19-24(36(6)7)27(39)22(30(33)42)29(41)32(19,43)28(40)20(15)26(21)38/h8-10,15,19,24,34,37-38,41,43H,11-13H2,1-7H3,(H2,33,42)/t15-,19-,24-,32-/m0/s1. The number of nitrogens with one attached hydrogen (secondary N) is 1. The Morgan fingerprint density at radius 1 is 1.09 bits per heavy atom. The number of hydrogen-bond donors (Lipinski definition) is 6. The summed E-state index contributed by atoms with van der Waals surface area (Å²) in [6, 6.07) is 4.63. The average Bonchev–Trinajstić information content (AvgIpc) is 2.88. The summed E-state index contributed by atoms with van der Waals surface area (Å²) in [5.41, 5.74) is 3.98. The molecule has 0 saturated heterocycles. The van der Waals surface area contributed by atoms with Gasteiger partial charge in [-0.05, 0) is 70.8 Å². The highest BCUT2D eigenvalue weighted by Crippen LogP contribution is 2.55. The number of benzene rings is 2. The lowest BCUT2D eigenvalue weighted by molar-refractivity contribution is -0.153. The number of aromatic hydroxyl groups is 1. The number of ketones is 2. The van der Waals surface area contributed by atoms with Crippen molar-refractivity contribution in [3.8, 4) is 5.75 Å². The number of likely N-dealkylation sites (N-methyl/N-ethyl adjacent to an activating group) is 1. The molecule has 1 saturated carbocycles. The third-order valence-electron chi connectivity index (χ3n) is 9.00. The Labute approximate surface area is 250 Å². The van der Waals surface area contributed by atoms with Crippen LogP contribution in [0.15, 0.2) is 35.1 Å². The van der Waals surface area contributed by atoms with Crippen molar-refractivity contribution in [2.24, 2.45) is 17.6 Å². The summed E-state index contributed by atoms with van der Waals surface area (Å²) in [6.07, 6.45) is 0.258. The zero-order valence-corrected chi connectivity index (χ0v) is 25.6. The zero-order chi connectivity index (χ0) is 31.9. The number of phenols is 1. The number of fused-ring (bicyclic) bond motifs is 4. The second-order valence-corrected chi connectivity index (χ2v) is 13.4. The molecule has 11 heteroatoms. The van der Waals surface area contributed by atoms with E-state index >= 15 is 0 Å². The van der Waals surface area contributed by atoms with Crippen molar-refractivity contribution in [1.29, 1.82) is 0 Å². The van der Waals surface area contributed by atoms with Crippen molar-refractivity contribution in [1.82, 2.24) is 10.2 Å². The molecule has 0 unspecified atom stereocenters. The predicted octanol–water partition coefficient (Wildman–Crippen LogP) is 2.07. The molecule has 3 aliphatic rings. The summed E-state index contributed by atoms with van der Waals surface area (Å²) in [5.74, 6) is -6.65. The summed E-state index contributed by atoms with van der Waals surface area (Å²) in [5, 5.41) is 51.0. The molecule has 0 radical (unpaired) electrons. The number of carbonyl (C=O) groups is 3. The van der Waals surface area contributed by atoms with E-state index in [2.05, 4.69) is 26.1 Å². The molecule has 1 fully saturated rings. The Balaban J connectivity index is 1.75. The number of nitrogens with two attached hydrogens (primary N) is 1. The van der Waals surface area contributed by atoms with Gasteiger partial charge in [0.15, 0.2) is 11.4 Å². The van der Waals surface area contributed by atoms with Crippen LogP contribution in [0, 0.1) is 11.8 Å². The number of amides is 1. The van der Waals surface area contributed by atoms with Crippen molar-refractivity contribution in [3.63, 3.8) is 0 Å². The Morgan fingerprint density at radius 2 is 1.74 bits per heavy atom. The molecule has 43 heavy (non-hydrogen) atoms. The topological polar surface area (TPSA) is 177 Å². The number of aliphatic hydroxyl groups excluding tert-OH is 2. The molecule has 2 aromatic rings. The number of phenolic OH excluding ortho intramolecular Hbond substituents is 1. The number of hydrogen-bond acceptors (Lipinski definition) is 10. The van der Waals surface area contributed by atoms with Crippen LogP contribution >= 0.6 is 0 Å². The maximum absolute atomic E-state index is 14.2. The number of anilines is 1. The molecule has 7 N–H and O–H groups in total. The number of Topliss-reactive ketones (excluding diaryl/α,β-unsaturated/α-hetero) is 2. The molecule has 4 atom stereocenters. The van der Waals surface area contributed by atoms with Gasteiger partial charge in [-0.2, -0.15) is 0 Å². The van der Waals surface area contributed by atoms with Gasteiger partial charge in [-0.1, -0.05) is 12.1 Å². The lowest BCUT2D eigenvalue weighted by Gasteiger charge is -2.50. The van der Waals surface area contributed by atoms with Gasteiger partial charge in [0.2, 0.25) is 5.78 Å². The minimum absolute atomic E-state index is 0.0365. The van der Waals surface area contributed by atoms with Crippen LogP contribution in [-0.4, -0.2) is 88.2 Å². The first-order valence-electron chi connectivity index (χ1n) is 14.3. The molecule has 1 amide bonds. The maximum Gasteiger partial charge on any atom is 0.255 e. The normalized spacial score (nSPS) is 25.7. The highest BCUT2D eigenvalue weighted by atomic mass is 16.3. The average molecular weight is 593 g/mol. The largest absolute Gasteiger partial charge is 0.508 e. The van der Waals surface area contributed by atoms with Crippen LogP contribution in [0.3, 0.4) is 0 Å². The first-order chi connectivity index (χ1) is 19.9. The molecule has 2 aromatic carbocycles. The van der Waals surface area contributed by atoms with E-state index < -0.39 is 58.0 Å². The second-order valence-electron chi connectivity index (χ2n) is 13.4. The lowest BCUT2D eigenvalue weighted by atomic mass is 9.57. The molecular weight excluding hydrogens is 552 g/mol. The third-order valence-corrected chi connectivity index (χ3v) is 9.00. The quantitative estimate of drug-likeness (QED) is 0.282. The molecule has 3 aliphatic carbocycles. The zero-order valence-electron chi connectivity index (χ0n) is 25.6. The molecule has 0 heterocycles. The summed E-state index contributed by atoms with van der Waals surface area (Å²) in [7, 11) is 6.87. The number of primary amides is 1. The summed E-state index contributed by atoms with van der Waals surface area (Å²) in [6.45, 7) is 6.69. The number of carbonyl (C=O) groups excluding carboxylic acids is 3. The van der Waals surface area contributed by atoms with E-state index in [9.17, 15) is 34.8 Å². The molecular formula is C32H40N4O7. The van der Waals surface area contributed by atoms with Crippen molar-refractivity contribution in [2.45, 2.75) is 57.3 Å². The van der Waals surface area contributed by atoms with Crippen molar-refractivity contribution >= 4 is 39.7 Å². The first kappa shape index (κ1) is 30.5. The van der Waals surface area contributed by atoms with Crippen LogP contribution in [0.25, 0.3) is 16.5 Å². The van der Waals surface area contributed by atoms with Gasteiger partial charge < -0.3 is 36.4 Å².